The van der Waals surface area contributed by atoms with E-state index in [0.29, 0.717) is 11.1 Å². The zero-order chi connectivity index (χ0) is 53.3. The lowest BCUT2D eigenvalue weighted by Crippen LogP contribution is -2.62. The smallest absolute Gasteiger partial charge is 0.252 e. The highest BCUT2D eigenvalue weighted by atomic mass is 15.2. The second kappa shape index (κ2) is 19.0. The number of rotatable bonds is 8. The van der Waals surface area contributed by atoms with Gasteiger partial charge in [0.2, 0.25) is 0 Å². The van der Waals surface area contributed by atoms with Gasteiger partial charge in [0.05, 0.1) is 33.7 Å². The quantitative estimate of drug-likeness (QED) is 0.142. The zero-order valence-electron chi connectivity index (χ0n) is 43.4. The molecular weight excluding hydrogens is 970 g/mol. The molecular formula is C74H46BN5. The van der Waals surface area contributed by atoms with Crippen LogP contribution in [0, 0.1) is 22.7 Å². The van der Waals surface area contributed by atoms with Gasteiger partial charge >= 0.3 is 0 Å². The summed E-state index contributed by atoms with van der Waals surface area (Å²) >= 11 is 0. The lowest BCUT2D eigenvalue weighted by molar-refractivity contribution is 1.16. The normalized spacial score (nSPS) is 12.2. The maximum atomic E-state index is 12.5. The molecule has 0 bridgehead atoms. The molecule has 1 aromatic heterocycles. The maximum Gasteiger partial charge on any atom is 0.252 e. The van der Waals surface area contributed by atoms with Crippen molar-refractivity contribution in [1.29, 1.82) is 10.5 Å². The molecule has 0 unspecified atom stereocenters. The number of nitrogens with zero attached hydrogens (tertiary/aromatic N) is 5. The van der Waals surface area contributed by atoms with Gasteiger partial charge in [-0.2, -0.15) is 10.5 Å². The molecule has 370 valence electrons. The Morgan fingerprint density at radius 1 is 0.312 bits per heavy atom. The molecule has 0 saturated carbocycles. The van der Waals surface area contributed by atoms with E-state index in [9.17, 15) is 10.5 Å². The summed E-state index contributed by atoms with van der Waals surface area (Å²) in [6, 6.07) is 104. The standard InChI is InChI=1S/C74H46BN5/c76-47-58-42-56(51-24-10-3-11-25-51)43-65-72(58)78(59-38-34-53(35-39-59)49-20-6-1-7-21-49)69-44-57(52-26-12-4-13-27-52)45-70-71(69)75(65)66-46-63(55-28-14-5-15-29-55)73(80-67-32-18-16-30-61(67)62-31-17-19-33-68(62)80)64(48-77)74(66)79(70)60-40-36-54(37-41-60)50-22-8-2-9-23-50/h1-46H. The third kappa shape index (κ3) is 7.39. The predicted octanol–water partition coefficient (Wildman–Crippen LogP) is 16.9. The maximum absolute atomic E-state index is 12.5. The molecule has 12 aromatic carbocycles. The Morgan fingerprint density at radius 3 is 1.16 bits per heavy atom. The first-order valence-corrected chi connectivity index (χ1v) is 27.1. The number of para-hydroxylation sites is 2. The first-order valence-electron chi connectivity index (χ1n) is 27.1. The highest BCUT2D eigenvalue weighted by molar-refractivity contribution is 7.00. The van der Waals surface area contributed by atoms with Gasteiger partial charge in [0.25, 0.3) is 6.71 Å². The summed E-state index contributed by atoms with van der Waals surface area (Å²) in [5.74, 6) is 0. The molecule has 0 atom stereocenters. The largest absolute Gasteiger partial charge is 0.310 e. The second-order valence-corrected chi connectivity index (χ2v) is 20.6. The molecule has 0 saturated heterocycles. The third-order valence-electron chi connectivity index (χ3n) is 16.2. The minimum atomic E-state index is -0.452. The van der Waals surface area contributed by atoms with Gasteiger partial charge in [0.1, 0.15) is 17.7 Å². The van der Waals surface area contributed by atoms with Crippen LogP contribution in [-0.4, -0.2) is 11.3 Å². The lowest BCUT2D eigenvalue weighted by Gasteiger charge is -2.45. The van der Waals surface area contributed by atoms with Crippen molar-refractivity contribution in [1.82, 2.24) is 4.57 Å². The summed E-state index contributed by atoms with van der Waals surface area (Å²) in [7, 11) is 0. The fourth-order valence-electron chi connectivity index (χ4n) is 12.7. The fourth-order valence-corrected chi connectivity index (χ4v) is 12.7. The van der Waals surface area contributed by atoms with E-state index < -0.39 is 6.71 Å². The van der Waals surface area contributed by atoms with Crippen LogP contribution in [0.1, 0.15) is 11.1 Å². The van der Waals surface area contributed by atoms with Crippen LogP contribution in [0.3, 0.4) is 0 Å². The number of aromatic nitrogens is 1. The monoisotopic (exact) mass is 1020 g/mol. The van der Waals surface area contributed by atoms with E-state index in [1.54, 1.807) is 0 Å². The van der Waals surface area contributed by atoms with Crippen LogP contribution in [-0.2, 0) is 0 Å². The minimum Gasteiger partial charge on any atom is -0.310 e. The lowest BCUT2D eigenvalue weighted by atomic mass is 9.33. The first-order chi connectivity index (χ1) is 39.6. The van der Waals surface area contributed by atoms with E-state index in [1.165, 1.54) is 0 Å². The Bertz CT molecular complexity index is 4590. The number of fused-ring (bicyclic) bond motifs is 7. The van der Waals surface area contributed by atoms with Gasteiger partial charge in [-0.3, -0.25) is 0 Å². The zero-order valence-corrected chi connectivity index (χ0v) is 43.4. The average Bonchev–Trinajstić information content (AvgIpc) is 3.61. The molecule has 2 aliphatic heterocycles. The number of benzene rings is 12. The highest BCUT2D eigenvalue weighted by Crippen LogP contribution is 2.51. The van der Waals surface area contributed by atoms with E-state index in [2.05, 4.69) is 281 Å². The van der Waals surface area contributed by atoms with Gasteiger partial charge < -0.3 is 14.4 Å². The Hall–Kier alpha value is -10.9. The number of nitriles is 2. The van der Waals surface area contributed by atoms with Crippen LogP contribution in [0.4, 0.5) is 34.1 Å². The van der Waals surface area contributed by atoms with Crippen molar-refractivity contribution in [2.24, 2.45) is 0 Å². The molecule has 0 fully saturated rings. The molecule has 13 aromatic rings. The van der Waals surface area contributed by atoms with E-state index in [1.807, 2.05) is 24.3 Å². The summed E-state index contributed by atoms with van der Waals surface area (Å²) in [4.78, 5) is 4.70. The minimum absolute atomic E-state index is 0.452. The molecule has 3 heterocycles. The van der Waals surface area contributed by atoms with Crippen LogP contribution in [0.25, 0.3) is 83.1 Å². The van der Waals surface area contributed by atoms with Gasteiger partial charge in [-0.25, -0.2) is 0 Å². The van der Waals surface area contributed by atoms with Crippen molar-refractivity contribution < 1.29 is 0 Å². The molecule has 0 aliphatic carbocycles. The topological polar surface area (TPSA) is 59.0 Å². The van der Waals surface area contributed by atoms with Gasteiger partial charge in [-0.05, 0) is 121 Å². The van der Waals surface area contributed by atoms with E-state index in [-0.39, 0.29) is 0 Å². The van der Waals surface area contributed by atoms with E-state index in [4.69, 9.17) is 0 Å². The number of hydrogen-bond acceptors (Lipinski definition) is 4. The SMILES string of the molecule is N#Cc1cc(-c2ccccc2)cc2c1N(c1ccc(-c3ccccc3)cc1)c1cc(-c3ccccc3)cc3c1B2c1cc(-c2ccccc2)c(-n2c4ccccc4c4ccccc42)c(C#N)c1N3c1ccc(-c2ccccc2)cc1. The predicted molar refractivity (Wildman–Crippen MR) is 331 cm³/mol. The molecule has 0 spiro atoms. The van der Waals surface area contributed by atoms with Gasteiger partial charge in [0, 0.05) is 39.1 Å². The summed E-state index contributed by atoms with van der Waals surface area (Å²) in [6.45, 7) is -0.452. The van der Waals surface area contributed by atoms with Crippen molar-refractivity contribution in [3.8, 4) is 73.5 Å². The Balaban J connectivity index is 1.12. The first kappa shape index (κ1) is 46.4. The Morgan fingerprint density at radius 2 is 0.700 bits per heavy atom. The van der Waals surface area contributed by atoms with Crippen LogP contribution < -0.4 is 26.2 Å². The summed E-state index contributed by atoms with van der Waals surface area (Å²) in [5, 5.41) is 26.4. The third-order valence-corrected chi connectivity index (χ3v) is 16.2. The Labute approximate surface area is 465 Å². The molecule has 0 radical (unpaired) electrons. The highest BCUT2D eigenvalue weighted by Gasteiger charge is 2.47. The van der Waals surface area contributed by atoms with E-state index in [0.717, 1.165) is 134 Å². The molecule has 15 rings (SSSR count). The number of anilines is 6. The summed E-state index contributed by atoms with van der Waals surface area (Å²) in [6.07, 6.45) is 0. The van der Waals surface area contributed by atoms with Gasteiger partial charge in [-0.15, -0.1) is 0 Å². The second-order valence-electron chi connectivity index (χ2n) is 20.6. The van der Waals surface area contributed by atoms with E-state index >= 15 is 0 Å². The molecule has 0 amide bonds. The van der Waals surface area contributed by atoms with Gasteiger partial charge in [0.15, 0.2) is 0 Å². The molecule has 6 heteroatoms. The van der Waals surface area contributed by atoms with Crippen molar-refractivity contribution >= 4 is 79.0 Å². The molecule has 0 N–H and O–H groups in total. The molecule has 5 nitrogen and oxygen atoms in total. The van der Waals surface area contributed by atoms with Crippen molar-refractivity contribution in [3.63, 3.8) is 0 Å². The average molecular weight is 1020 g/mol. The Kier molecular flexibility index (Phi) is 11.0. The van der Waals surface area contributed by atoms with Gasteiger partial charge in [-0.1, -0.05) is 224 Å². The molecule has 80 heavy (non-hydrogen) atoms. The van der Waals surface area contributed by atoms with Crippen LogP contribution in [0.5, 0.6) is 0 Å². The van der Waals surface area contributed by atoms with Crippen molar-refractivity contribution in [3.05, 3.63) is 290 Å². The van der Waals surface area contributed by atoms with Crippen LogP contribution in [0.15, 0.2) is 279 Å². The molecule has 2 aliphatic rings. The summed E-state index contributed by atoms with van der Waals surface area (Å²) < 4.78 is 2.32. The van der Waals surface area contributed by atoms with Crippen LogP contribution in [0.2, 0.25) is 0 Å². The van der Waals surface area contributed by atoms with Crippen molar-refractivity contribution in [2.45, 2.75) is 0 Å². The van der Waals surface area contributed by atoms with Crippen LogP contribution >= 0.6 is 0 Å². The summed E-state index contributed by atoms with van der Waals surface area (Å²) in [5.41, 5.74) is 22.6. The van der Waals surface area contributed by atoms with Crippen molar-refractivity contribution in [2.75, 3.05) is 9.80 Å². The number of hydrogen-bond donors (Lipinski definition) is 0. The fraction of sp³-hybridized carbons (Fsp3) is 0.